The molecule has 1 fully saturated rings. The first-order valence-electron chi connectivity index (χ1n) is 5.67. The Balaban J connectivity index is 2.12. The van der Waals surface area contributed by atoms with Crippen LogP contribution in [0.4, 0.5) is 0 Å². The average molecular weight is 199 g/mol. The summed E-state index contributed by atoms with van der Waals surface area (Å²) in [5.74, 6) is 0.0274. The molecule has 0 aliphatic heterocycles. The summed E-state index contributed by atoms with van der Waals surface area (Å²) in [4.78, 5) is 10.7. The summed E-state index contributed by atoms with van der Waals surface area (Å²) >= 11 is 0. The summed E-state index contributed by atoms with van der Waals surface area (Å²) in [5.41, 5.74) is 0. The minimum Gasteiger partial charge on any atom is -0.481 e. The smallest absolute Gasteiger partial charge is 0.306 e. The van der Waals surface area contributed by atoms with Crippen LogP contribution in [0, 0.1) is 11.8 Å². The molecule has 2 N–H and O–H groups in total. The van der Waals surface area contributed by atoms with Crippen molar-refractivity contribution in [2.45, 2.75) is 39.0 Å². The van der Waals surface area contributed by atoms with Gasteiger partial charge in [0, 0.05) is 0 Å². The molecule has 0 aromatic heterocycles. The normalized spacial score (nSPS) is 27.5. The molecule has 1 aliphatic carbocycles. The maximum Gasteiger partial charge on any atom is 0.306 e. The highest BCUT2D eigenvalue weighted by Crippen LogP contribution is 2.28. The number of carboxylic acids is 1. The Hall–Kier alpha value is -0.570. The van der Waals surface area contributed by atoms with Crippen molar-refractivity contribution in [3.63, 3.8) is 0 Å². The molecule has 0 spiro atoms. The molecule has 0 atom stereocenters. The SMILES string of the molecule is CCCNCC1CCC(C(=O)O)CC1. The van der Waals surface area contributed by atoms with Gasteiger partial charge in [0.1, 0.15) is 0 Å². The molecule has 0 unspecified atom stereocenters. The Morgan fingerprint density at radius 3 is 2.50 bits per heavy atom. The van der Waals surface area contributed by atoms with Crippen molar-refractivity contribution < 1.29 is 9.90 Å². The Kier molecular flexibility index (Phi) is 4.94. The zero-order valence-corrected chi connectivity index (χ0v) is 8.96. The predicted molar refractivity (Wildman–Crippen MR) is 56.2 cm³/mol. The van der Waals surface area contributed by atoms with Crippen LogP contribution in [0.15, 0.2) is 0 Å². The van der Waals surface area contributed by atoms with Crippen molar-refractivity contribution in [1.82, 2.24) is 5.32 Å². The van der Waals surface area contributed by atoms with Gasteiger partial charge in [-0.05, 0) is 51.1 Å². The standard InChI is InChI=1S/C11H21NO2/c1-2-7-12-8-9-3-5-10(6-4-9)11(13)14/h9-10,12H,2-8H2,1H3,(H,13,14). The second-order valence-electron chi connectivity index (χ2n) is 4.26. The highest BCUT2D eigenvalue weighted by molar-refractivity contribution is 5.69. The van der Waals surface area contributed by atoms with Gasteiger partial charge in [-0.1, -0.05) is 6.92 Å². The van der Waals surface area contributed by atoms with Gasteiger partial charge < -0.3 is 10.4 Å². The number of hydrogen-bond acceptors (Lipinski definition) is 2. The van der Waals surface area contributed by atoms with E-state index in [1.165, 1.54) is 6.42 Å². The van der Waals surface area contributed by atoms with Gasteiger partial charge in [-0.3, -0.25) is 4.79 Å². The molecule has 0 bridgehead atoms. The molecule has 0 heterocycles. The molecule has 1 saturated carbocycles. The van der Waals surface area contributed by atoms with Crippen LogP contribution in [-0.4, -0.2) is 24.2 Å². The third-order valence-electron chi connectivity index (χ3n) is 3.06. The number of hydrogen-bond donors (Lipinski definition) is 2. The van der Waals surface area contributed by atoms with Gasteiger partial charge in [-0.2, -0.15) is 0 Å². The van der Waals surface area contributed by atoms with E-state index in [1.54, 1.807) is 0 Å². The maximum absolute atomic E-state index is 10.7. The fourth-order valence-electron chi connectivity index (χ4n) is 2.10. The first kappa shape index (κ1) is 11.5. The van der Waals surface area contributed by atoms with Crippen LogP contribution in [0.3, 0.4) is 0 Å². The van der Waals surface area contributed by atoms with Crippen LogP contribution in [0.5, 0.6) is 0 Å². The van der Waals surface area contributed by atoms with Crippen molar-refractivity contribution in [2.75, 3.05) is 13.1 Å². The van der Waals surface area contributed by atoms with Gasteiger partial charge in [-0.25, -0.2) is 0 Å². The zero-order chi connectivity index (χ0) is 10.4. The molecular formula is C11H21NO2. The van der Waals surface area contributed by atoms with E-state index < -0.39 is 5.97 Å². The Morgan fingerprint density at radius 2 is 2.00 bits per heavy atom. The second-order valence-corrected chi connectivity index (χ2v) is 4.26. The largest absolute Gasteiger partial charge is 0.481 e. The van der Waals surface area contributed by atoms with Crippen LogP contribution in [0.1, 0.15) is 39.0 Å². The molecule has 0 amide bonds. The molecule has 1 aliphatic rings. The molecule has 3 nitrogen and oxygen atoms in total. The van der Waals surface area contributed by atoms with Crippen molar-refractivity contribution in [3.8, 4) is 0 Å². The summed E-state index contributed by atoms with van der Waals surface area (Å²) in [7, 11) is 0. The number of nitrogens with one attached hydrogen (secondary N) is 1. The first-order valence-corrected chi connectivity index (χ1v) is 5.67. The highest BCUT2D eigenvalue weighted by Gasteiger charge is 2.25. The predicted octanol–water partition coefficient (Wildman–Crippen LogP) is 1.88. The summed E-state index contributed by atoms with van der Waals surface area (Å²) in [6.07, 6.45) is 5.06. The van der Waals surface area contributed by atoms with Gasteiger partial charge in [-0.15, -0.1) is 0 Å². The third-order valence-corrected chi connectivity index (χ3v) is 3.06. The lowest BCUT2D eigenvalue weighted by atomic mass is 9.82. The fourth-order valence-corrected chi connectivity index (χ4v) is 2.10. The van der Waals surface area contributed by atoms with Gasteiger partial charge >= 0.3 is 5.97 Å². The van der Waals surface area contributed by atoms with Crippen molar-refractivity contribution in [3.05, 3.63) is 0 Å². The van der Waals surface area contributed by atoms with E-state index in [0.717, 1.165) is 38.8 Å². The number of aliphatic carboxylic acids is 1. The first-order chi connectivity index (χ1) is 6.74. The van der Waals surface area contributed by atoms with E-state index in [1.807, 2.05) is 0 Å². The molecule has 82 valence electrons. The van der Waals surface area contributed by atoms with E-state index in [0.29, 0.717) is 5.92 Å². The summed E-state index contributed by atoms with van der Waals surface area (Å²) in [6, 6.07) is 0. The monoisotopic (exact) mass is 199 g/mol. The van der Waals surface area contributed by atoms with Gasteiger partial charge in [0.15, 0.2) is 0 Å². The minimum atomic E-state index is -0.607. The van der Waals surface area contributed by atoms with Crippen LogP contribution in [0.2, 0.25) is 0 Å². The second kappa shape index (κ2) is 6.02. The lowest BCUT2D eigenvalue weighted by Gasteiger charge is -2.26. The van der Waals surface area contributed by atoms with Crippen molar-refractivity contribution >= 4 is 5.97 Å². The van der Waals surface area contributed by atoms with E-state index >= 15 is 0 Å². The molecular weight excluding hydrogens is 178 g/mol. The number of rotatable bonds is 5. The maximum atomic E-state index is 10.7. The fraction of sp³-hybridized carbons (Fsp3) is 0.909. The van der Waals surface area contributed by atoms with Crippen LogP contribution < -0.4 is 5.32 Å². The van der Waals surface area contributed by atoms with Crippen molar-refractivity contribution in [1.29, 1.82) is 0 Å². The molecule has 0 aromatic rings. The van der Waals surface area contributed by atoms with Gasteiger partial charge in [0.05, 0.1) is 5.92 Å². The van der Waals surface area contributed by atoms with Gasteiger partial charge in [0.2, 0.25) is 0 Å². The minimum absolute atomic E-state index is 0.0718. The quantitative estimate of drug-likeness (QED) is 0.665. The Bertz CT molecular complexity index is 174. The molecule has 3 heteroatoms. The lowest BCUT2D eigenvalue weighted by Crippen LogP contribution is -2.29. The zero-order valence-electron chi connectivity index (χ0n) is 8.96. The number of carboxylic acid groups (broad SMARTS) is 1. The molecule has 0 radical (unpaired) electrons. The molecule has 1 rings (SSSR count). The summed E-state index contributed by atoms with van der Waals surface area (Å²) < 4.78 is 0. The van der Waals surface area contributed by atoms with E-state index in [-0.39, 0.29) is 5.92 Å². The van der Waals surface area contributed by atoms with E-state index in [4.69, 9.17) is 5.11 Å². The van der Waals surface area contributed by atoms with Crippen LogP contribution in [-0.2, 0) is 4.79 Å². The van der Waals surface area contributed by atoms with Crippen LogP contribution >= 0.6 is 0 Å². The van der Waals surface area contributed by atoms with E-state index in [2.05, 4.69) is 12.2 Å². The summed E-state index contributed by atoms with van der Waals surface area (Å²) in [6.45, 7) is 4.31. The summed E-state index contributed by atoms with van der Waals surface area (Å²) in [5, 5.41) is 12.2. The van der Waals surface area contributed by atoms with Crippen molar-refractivity contribution in [2.24, 2.45) is 11.8 Å². The topological polar surface area (TPSA) is 49.3 Å². The van der Waals surface area contributed by atoms with Crippen LogP contribution in [0.25, 0.3) is 0 Å². The van der Waals surface area contributed by atoms with E-state index in [9.17, 15) is 4.79 Å². The molecule has 0 saturated heterocycles. The van der Waals surface area contributed by atoms with Gasteiger partial charge in [0.25, 0.3) is 0 Å². The average Bonchev–Trinajstić information content (AvgIpc) is 2.19. The third kappa shape index (κ3) is 3.66. The Morgan fingerprint density at radius 1 is 1.36 bits per heavy atom. The number of carbonyl (C=O) groups is 1. The lowest BCUT2D eigenvalue weighted by molar-refractivity contribution is -0.143. The molecule has 0 aromatic carbocycles. The Labute approximate surface area is 85.9 Å². The highest BCUT2D eigenvalue weighted by atomic mass is 16.4. The molecule has 14 heavy (non-hydrogen) atoms.